The first-order valence-corrected chi connectivity index (χ1v) is 9.04. The summed E-state index contributed by atoms with van der Waals surface area (Å²) in [6.45, 7) is 7.00. The van der Waals surface area contributed by atoms with E-state index in [-0.39, 0.29) is 24.4 Å². The van der Waals surface area contributed by atoms with Crippen molar-refractivity contribution in [3.63, 3.8) is 0 Å². The highest BCUT2D eigenvalue weighted by Crippen LogP contribution is 2.27. The van der Waals surface area contributed by atoms with Crippen LogP contribution in [0.5, 0.6) is 0 Å². The molecule has 0 saturated carbocycles. The molecule has 2 fully saturated rings. The van der Waals surface area contributed by atoms with Gasteiger partial charge in [-0.3, -0.25) is 14.5 Å². The number of aryl methyl sites for hydroxylation is 2. The van der Waals surface area contributed by atoms with E-state index in [2.05, 4.69) is 16.0 Å². The molecule has 2 saturated heterocycles. The smallest absolute Gasteiger partial charge is 0.325 e. The van der Waals surface area contributed by atoms with E-state index in [4.69, 9.17) is 0 Å². The molecule has 2 aliphatic rings. The quantitative estimate of drug-likeness (QED) is 0.705. The second-order valence-electron chi connectivity index (χ2n) is 7.30. The summed E-state index contributed by atoms with van der Waals surface area (Å²) >= 11 is 0. The summed E-state index contributed by atoms with van der Waals surface area (Å²) in [6, 6.07) is 5.41. The minimum atomic E-state index is -0.846. The summed E-state index contributed by atoms with van der Waals surface area (Å²) in [6.07, 6.45) is 1.10. The molecule has 1 unspecified atom stereocenters. The van der Waals surface area contributed by atoms with Crippen molar-refractivity contribution in [1.82, 2.24) is 20.9 Å². The fraction of sp³-hybridized carbons (Fsp3) is 0.526. The van der Waals surface area contributed by atoms with Gasteiger partial charge in [0.05, 0.1) is 6.04 Å². The number of benzene rings is 1. The normalized spacial score (nSPS) is 20.2. The lowest BCUT2D eigenvalue weighted by Gasteiger charge is -2.31. The highest BCUT2D eigenvalue weighted by atomic mass is 16.2. The second kappa shape index (κ2) is 7.07. The van der Waals surface area contributed by atoms with Crippen LogP contribution in [0.15, 0.2) is 18.2 Å². The minimum Gasteiger partial charge on any atom is -0.348 e. The van der Waals surface area contributed by atoms with Crippen LogP contribution in [0.2, 0.25) is 0 Å². The van der Waals surface area contributed by atoms with Gasteiger partial charge in [0.2, 0.25) is 5.91 Å². The van der Waals surface area contributed by atoms with Crippen LogP contribution in [0, 0.1) is 13.8 Å². The Morgan fingerprint density at radius 2 is 1.96 bits per heavy atom. The maximum absolute atomic E-state index is 12.7. The molecule has 3 rings (SSSR count). The van der Waals surface area contributed by atoms with Gasteiger partial charge in [0.25, 0.3) is 5.91 Å². The van der Waals surface area contributed by atoms with Gasteiger partial charge in [-0.2, -0.15) is 0 Å². The largest absolute Gasteiger partial charge is 0.348 e. The Morgan fingerprint density at radius 3 is 2.65 bits per heavy atom. The molecule has 7 heteroatoms. The molecule has 4 amide bonds. The maximum Gasteiger partial charge on any atom is 0.325 e. The number of nitrogens with zero attached hydrogens (tertiary/aromatic N) is 1. The number of rotatable bonds is 4. The van der Waals surface area contributed by atoms with E-state index >= 15 is 0 Å². The lowest BCUT2D eigenvalue weighted by molar-refractivity contribution is -0.135. The summed E-state index contributed by atoms with van der Waals surface area (Å²) in [5, 5.41) is 8.87. The Hall–Kier alpha value is -2.41. The number of nitrogens with one attached hydrogen (secondary N) is 3. The van der Waals surface area contributed by atoms with Gasteiger partial charge >= 0.3 is 6.03 Å². The van der Waals surface area contributed by atoms with Crippen molar-refractivity contribution in [2.24, 2.45) is 0 Å². The Balaban J connectivity index is 1.65. The van der Waals surface area contributed by atoms with Gasteiger partial charge in [-0.15, -0.1) is 0 Å². The molecule has 2 aliphatic heterocycles. The summed E-state index contributed by atoms with van der Waals surface area (Å²) in [5.74, 6) is -0.633. The molecule has 0 bridgehead atoms. The number of hydrogen-bond donors (Lipinski definition) is 3. The lowest BCUT2D eigenvalue weighted by atomic mass is 9.88. The molecule has 1 aromatic carbocycles. The van der Waals surface area contributed by atoms with E-state index in [9.17, 15) is 14.4 Å². The fourth-order valence-corrected chi connectivity index (χ4v) is 3.75. The number of imide groups is 1. The zero-order valence-electron chi connectivity index (χ0n) is 15.5. The van der Waals surface area contributed by atoms with Gasteiger partial charge in [-0.1, -0.05) is 23.8 Å². The van der Waals surface area contributed by atoms with Gasteiger partial charge in [0, 0.05) is 0 Å². The second-order valence-corrected chi connectivity index (χ2v) is 7.30. The maximum atomic E-state index is 12.7. The molecular weight excluding hydrogens is 332 g/mol. The average molecular weight is 358 g/mol. The van der Waals surface area contributed by atoms with Crippen LogP contribution in [-0.4, -0.2) is 47.9 Å². The zero-order valence-corrected chi connectivity index (χ0v) is 15.5. The first-order valence-electron chi connectivity index (χ1n) is 9.04. The van der Waals surface area contributed by atoms with Crippen LogP contribution in [0.3, 0.4) is 0 Å². The summed E-state index contributed by atoms with van der Waals surface area (Å²) in [7, 11) is 0. The molecule has 140 valence electrons. The highest BCUT2D eigenvalue weighted by Gasteiger charge is 2.51. The third kappa shape index (κ3) is 3.44. The molecule has 1 aromatic rings. The van der Waals surface area contributed by atoms with E-state index in [0.29, 0.717) is 25.9 Å². The fourth-order valence-electron chi connectivity index (χ4n) is 3.75. The van der Waals surface area contributed by atoms with E-state index in [0.717, 1.165) is 21.6 Å². The topological polar surface area (TPSA) is 90.5 Å². The Kier molecular flexibility index (Phi) is 5.00. The van der Waals surface area contributed by atoms with Crippen molar-refractivity contribution >= 4 is 17.8 Å². The van der Waals surface area contributed by atoms with Crippen LogP contribution < -0.4 is 16.0 Å². The molecule has 0 radical (unpaired) electrons. The molecule has 0 aromatic heterocycles. The van der Waals surface area contributed by atoms with Gasteiger partial charge in [0.1, 0.15) is 12.1 Å². The number of piperidine rings is 1. The number of urea groups is 1. The standard InChI is InChI=1S/C19H26N4O3/c1-12-4-5-13(2)15(10-12)14(3)21-16(24)11-23-17(25)19(22-18(23)26)6-8-20-9-7-19/h4-5,10,14,20H,6-9,11H2,1-3H3,(H,21,24)(H,22,26). The highest BCUT2D eigenvalue weighted by molar-refractivity contribution is 6.09. The monoisotopic (exact) mass is 358 g/mol. The third-order valence-electron chi connectivity index (χ3n) is 5.28. The Morgan fingerprint density at radius 1 is 1.27 bits per heavy atom. The summed E-state index contributed by atoms with van der Waals surface area (Å²) in [5.41, 5.74) is 2.40. The summed E-state index contributed by atoms with van der Waals surface area (Å²) < 4.78 is 0. The van der Waals surface area contributed by atoms with Gasteiger partial charge in [0.15, 0.2) is 0 Å². The van der Waals surface area contributed by atoms with E-state index in [1.165, 1.54) is 0 Å². The number of amides is 4. The first kappa shape index (κ1) is 18.4. The van der Waals surface area contributed by atoms with Crippen molar-refractivity contribution in [3.05, 3.63) is 34.9 Å². The number of carbonyl (C=O) groups excluding carboxylic acids is 3. The molecule has 7 nitrogen and oxygen atoms in total. The Bertz CT molecular complexity index is 740. The Labute approximate surface area is 153 Å². The van der Waals surface area contributed by atoms with Crippen LogP contribution in [0.25, 0.3) is 0 Å². The number of carbonyl (C=O) groups is 3. The third-order valence-corrected chi connectivity index (χ3v) is 5.28. The molecule has 3 N–H and O–H groups in total. The van der Waals surface area contributed by atoms with E-state index < -0.39 is 11.6 Å². The molecule has 26 heavy (non-hydrogen) atoms. The van der Waals surface area contributed by atoms with Gasteiger partial charge < -0.3 is 16.0 Å². The average Bonchev–Trinajstić information content (AvgIpc) is 2.81. The van der Waals surface area contributed by atoms with E-state index in [1.807, 2.05) is 39.0 Å². The first-order chi connectivity index (χ1) is 12.3. The van der Waals surface area contributed by atoms with Crippen molar-refractivity contribution < 1.29 is 14.4 Å². The minimum absolute atomic E-state index is 0.198. The molecule has 2 heterocycles. The van der Waals surface area contributed by atoms with Crippen LogP contribution in [0.1, 0.15) is 42.5 Å². The zero-order chi connectivity index (χ0) is 18.9. The molecular formula is C19H26N4O3. The van der Waals surface area contributed by atoms with E-state index in [1.54, 1.807) is 0 Å². The number of hydrogen-bond acceptors (Lipinski definition) is 4. The van der Waals surface area contributed by atoms with Crippen LogP contribution in [0.4, 0.5) is 4.79 Å². The molecule has 1 spiro atoms. The van der Waals surface area contributed by atoms with Gasteiger partial charge in [-0.05, 0) is 57.8 Å². The summed E-state index contributed by atoms with van der Waals surface area (Å²) in [4.78, 5) is 38.4. The van der Waals surface area contributed by atoms with Crippen molar-refractivity contribution in [2.45, 2.75) is 45.2 Å². The predicted molar refractivity (Wildman–Crippen MR) is 97.6 cm³/mol. The van der Waals surface area contributed by atoms with Crippen LogP contribution >= 0.6 is 0 Å². The molecule has 1 atom stereocenters. The van der Waals surface area contributed by atoms with Crippen LogP contribution in [-0.2, 0) is 9.59 Å². The predicted octanol–water partition coefficient (Wildman–Crippen LogP) is 1.15. The molecule has 0 aliphatic carbocycles. The van der Waals surface area contributed by atoms with Crippen molar-refractivity contribution in [1.29, 1.82) is 0 Å². The van der Waals surface area contributed by atoms with Crippen molar-refractivity contribution in [3.8, 4) is 0 Å². The van der Waals surface area contributed by atoms with Gasteiger partial charge in [-0.25, -0.2) is 4.79 Å². The lowest BCUT2D eigenvalue weighted by Crippen LogP contribution is -2.54. The van der Waals surface area contributed by atoms with Crippen molar-refractivity contribution in [2.75, 3.05) is 19.6 Å². The SMILES string of the molecule is Cc1ccc(C)c(C(C)NC(=O)CN2C(=O)NC3(CCNCC3)C2=O)c1.